The second-order valence-electron chi connectivity index (χ2n) is 20.8. The summed E-state index contributed by atoms with van der Waals surface area (Å²) in [6.45, 7) is 13.8. The van der Waals surface area contributed by atoms with Gasteiger partial charge in [0, 0.05) is 19.3 Å². The molecule has 0 saturated carbocycles. The molecule has 0 aliphatic rings. The monoisotopic (exact) mass is 891 g/mol. The zero-order chi connectivity index (χ0) is 46.3. The Hall–Kier alpha value is -1.59. The van der Waals surface area contributed by atoms with Gasteiger partial charge in [-0.1, -0.05) is 273 Å². The van der Waals surface area contributed by atoms with Gasteiger partial charge in [-0.25, -0.2) is 0 Å². The van der Waals surface area contributed by atoms with Crippen molar-refractivity contribution >= 4 is 17.9 Å². The molecular formula is C57H110O6. The van der Waals surface area contributed by atoms with Gasteiger partial charge < -0.3 is 14.2 Å². The Morgan fingerprint density at radius 3 is 0.825 bits per heavy atom. The fourth-order valence-corrected chi connectivity index (χ4v) is 8.61. The molecule has 63 heavy (non-hydrogen) atoms. The van der Waals surface area contributed by atoms with Crippen LogP contribution in [0.1, 0.15) is 311 Å². The van der Waals surface area contributed by atoms with Crippen molar-refractivity contribution < 1.29 is 28.6 Å². The Bertz CT molecular complexity index is 978. The summed E-state index contributed by atoms with van der Waals surface area (Å²) in [7, 11) is 0. The lowest BCUT2D eigenvalue weighted by molar-refractivity contribution is -0.167. The van der Waals surface area contributed by atoms with Crippen molar-refractivity contribution in [2.75, 3.05) is 13.2 Å². The molecule has 0 rings (SSSR count). The molecule has 0 radical (unpaired) electrons. The smallest absolute Gasteiger partial charge is 0.306 e. The molecular weight excluding hydrogens is 781 g/mol. The third-order valence-corrected chi connectivity index (χ3v) is 13.3. The number of esters is 3. The lowest BCUT2D eigenvalue weighted by Crippen LogP contribution is -2.30. The van der Waals surface area contributed by atoms with Crippen molar-refractivity contribution in [2.24, 2.45) is 17.8 Å². The van der Waals surface area contributed by atoms with Gasteiger partial charge in [0.05, 0.1) is 0 Å². The highest BCUT2D eigenvalue weighted by Gasteiger charge is 2.19. The van der Waals surface area contributed by atoms with Crippen LogP contribution in [0, 0.1) is 17.8 Å². The van der Waals surface area contributed by atoms with Crippen LogP contribution in [0.4, 0.5) is 0 Å². The van der Waals surface area contributed by atoms with Crippen LogP contribution in [0.15, 0.2) is 0 Å². The first-order valence-electron chi connectivity index (χ1n) is 28.1. The minimum atomic E-state index is -0.763. The van der Waals surface area contributed by atoms with Crippen molar-refractivity contribution in [3.63, 3.8) is 0 Å². The first kappa shape index (κ1) is 61.4. The molecule has 0 amide bonds. The summed E-state index contributed by atoms with van der Waals surface area (Å²) in [5, 5.41) is 0. The highest BCUT2D eigenvalue weighted by Crippen LogP contribution is 2.18. The van der Waals surface area contributed by atoms with Crippen LogP contribution < -0.4 is 0 Å². The molecule has 1 unspecified atom stereocenters. The Labute approximate surface area is 393 Å². The summed E-state index contributed by atoms with van der Waals surface area (Å²) in [6, 6.07) is 0. The van der Waals surface area contributed by atoms with Crippen molar-refractivity contribution in [2.45, 2.75) is 317 Å². The quantitative estimate of drug-likeness (QED) is 0.0344. The predicted molar refractivity (Wildman–Crippen MR) is 270 cm³/mol. The predicted octanol–water partition coefficient (Wildman–Crippen LogP) is 18.3. The van der Waals surface area contributed by atoms with Gasteiger partial charge in [-0.2, -0.15) is 0 Å². The number of hydrogen-bond acceptors (Lipinski definition) is 6. The van der Waals surface area contributed by atoms with Crippen LogP contribution in [-0.4, -0.2) is 37.2 Å². The van der Waals surface area contributed by atoms with E-state index in [1.807, 2.05) is 0 Å². The molecule has 0 aliphatic heterocycles. The lowest BCUT2D eigenvalue weighted by atomic mass is 9.99. The minimum Gasteiger partial charge on any atom is -0.462 e. The molecule has 374 valence electrons. The average molecular weight is 892 g/mol. The van der Waals surface area contributed by atoms with Gasteiger partial charge in [-0.3, -0.25) is 14.4 Å². The van der Waals surface area contributed by atoms with Gasteiger partial charge in [0.2, 0.25) is 0 Å². The maximum absolute atomic E-state index is 12.8. The van der Waals surface area contributed by atoms with E-state index in [1.54, 1.807) is 0 Å². The van der Waals surface area contributed by atoms with Gasteiger partial charge in [-0.15, -0.1) is 0 Å². The van der Waals surface area contributed by atoms with E-state index in [1.165, 1.54) is 193 Å². The van der Waals surface area contributed by atoms with Gasteiger partial charge in [0.1, 0.15) is 13.2 Å². The maximum Gasteiger partial charge on any atom is 0.306 e. The molecule has 0 saturated heterocycles. The highest BCUT2D eigenvalue weighted by molar-refractivity contribution is 5.71. The molecule has 0 aromatic heterocycles. The molecule has 0 fully saturated rings. The number of hydrogen-bond donors (Lipinski definition) is 0. The number of carbonyl (C=O) groups excluding carboxylic acids is 3. The summed E-state index contributed by atoms with van der Waals surface area (Å²) in [4.78, 5) is 38.1. The lowest BCUT2D eigenvalue weighted by Gasteiger charge is -2.18. The summed E-state index contributed by atoms with van der Waals surface area (Å²) < 4.78 is 16.9. The molecule has 0 heterocycles. The molecule has 6 heteroatoms. The van der Waals surface area contributed by atoms with Crippen molar-refractivity contribution in [1.82, 2.24) is 0 Å². The van der Waals surface area contributed by atoms with Crippen molar-refractivity contribution in [3.05, 3.63) is 0 Å². The Kier molecular flexibility index (Phi) is 47.1. The minimum absolute atomic E-state index is 0.0642. The first-order valence-corrected chi connectivity index (χ1v) is 28.1. The molecule has 0 spiro atoms. The first-order chi connectivity index (χ1) is 30.6. The van der Waals surface area contributed by atoms with Crippen LogP contribution in [0.2, 0.25) is 0 Å². The molecule has 6 nitrogen and oxygen atoms in total. The number of rotatable bonds is 50. The van der Waals surface area contributed by atoms with Gasteiger partial charge >= 0.3 is 17.9 Å². The highest BCUT2D eigenvalue weighted by atomic mass is 16.6. The second-order valence-corrected chi connectivity index (χ2v) is 20.8. The van der Waals surface area contributed by atoms with E-state index in [-0.39, 0.29) is 31.1 Å². The van der Waals surface area contributed by atoms with Crippen LogP contribution in [-0.2, 0) is 28.6 Å². The van der Waals surface area contributed by atoms with Crippen molar-refractivity contribution in [3.8, 4) is 0 Å². The van der Waals surface area contributed by atoms with Crippen LogP contribution in [0.3, 0.4) is 0 Å². The van der Waals surface area contributed by atoms with E-state index < -0.39 is 6.10 Å². The normalized spacial score (nSPS) is 12.6. The number of ether oxygens (including phenoxy) is 3. The molecule has 0 aromatic carbocycles. The van der Waals surface area contributed by atoms with Crippen LogP contribution in [0.25, 0.3) is 0 Å². The zero-order valence-electron chi connectivity index (χ0n) is 43.4. The van der Waals surface area contributed by atoms with Crippen molar-refractivity contribution in [1.29, 1.82) is 0 Å². The fourth-order valence-electron chi connectivity index (χ4n) is 8.61. The van der Waals surface area contributed by atoms with Crippen LogP contribution in [0.5, 0.6) is 0 Å². The summed E-state index contributed by atoms with van der Waals surface area (Å²) in [5.74, 6) is 1.68. The SMILES string of the molecule is CCC(C)CCCCCCCCCCCCC(=O)OC[C@H](COC(=O)CCCCCCCCCCCCCCCCCCC(C)C)OC(=O)CCCCCCCCCCCC(C)C. The molecule has 0 aliphatic carbocycles. The maximum atomic E-state index is 12.8. The average Bonchev–Trinajstić information content (AvgIpc) is 3.25. The third kappa shape index (κ3) is 49.7. The number of carbonyl (C=O) groups is 3. The molecule has 2 atom stereocenters. The van der Waals surface area contributed by atoms with E-state index >= 15 is 0 Å². The zero-order valence-corrected chi connectivity index (χ0v) is 43.4. The van der Waals surface area contributed by atoms with Gasteiger partial charge in [0.15, 0.2) is 6.10 Å². The van der Waals surface area contributed by atoms with E-state index in [9.17, 15) is 14.4 Å². The van der Waals surface area contributed by atoms with E-state index in [4.69, 9.17) is 14.2 Å². The van der Waals surface area contributed by atoms with E-state index in [0.29, 0.717) is 19.3 Å². The largest absolute Gasteiger partial charge is 0.462 e. The third-order valence-electron chi connectivity index (χ3n) is 13.3. The molecule has 0 N–H and O–H groups in total. The summed E-state index contributed by atoms with van der Waals surface area (Å²) >= 11 is 0. The second kappa shape index (κ2) is 48.3. The van der Waals surface area contributed by atoms with Crippen LogP contribution >= 0.6 is 0 Å². The topological polar surface area (TPSA) is 78.9 Å². The van der Waals surface area contributed by atoms with Gasteiger partial charge in [-0.05, 0) is 37.0 Å². The summed E-state index contributed by atoms with van der Waals surface area (Å²) in [5.41, 5.74) is 0. The molecule has 0 bridgehead atoms. The number of unbranched alkanes of at least 4 members (excludes halogenated alkanes) is 32. The Balaban J connectivity index is 4.27. The standard InChI is InChI=1S/C57H110O6/c1-7-53(6)45-39-33-27-21-16-17-23-29-35-41-47-56(59)62-50-54(63-57(60)48-42-36-30-24-18-20-26-32-38-44-52(4)5)49-61-55(58)46-40-34-28-22-15-13-11-9-8-10-12-14-19-25-31-37-43-51(2)3/h51-54H,7-50H2,1-6H3/t53?,54-/m0/s1. The Morgan fingerprint density at radius 1 is 0.317 bits per heavy atom. The fraction of sp³-hybridized carbons (Fsp3) is 0.947. The molecule has 0 aromatic rings. The van der Waals surface area contributed by atoms with E-state index in [0.717, 1.165) is 75.5 Å². The summed E-state index contributed by atoms with van der Waals surface area (Å²) in [6.07, 6.45) is 49.5. The Morgan fingerprint density at radius 2 is 0.556 bits per heavy atom. The van der Waals surface area contributed by atoms with Gasteiger partial charge in [0.25, 0.3) is 0 Å². The van der Waals surface area contributed by atoms with E-state index in [2.05, 4.69) is 41.5 Å².